The lowest BCUT2D eigenvalue weighted by atomic mass is 10.1. The van der Waals surface area contributed by atoms with Crippen LogP contribution in [0.4, 0.5) is 5.82 Å². The molecule has 3 aromatic rings. The van der Waals surface area contributed by atoms with Crippen LogP contribution < -0.4 is 5.73 Å². The summed E-state index contributed by atoms with van der Waals surface area (Å²) < 4.78 is 32.7. The first-order valence-corrected chi connectivity index (χ1v) is 12.9. The van der Waals surface area contributed by atoms with E-state index in [1.165, 1.54) is 6.33 Å². The fraction of sp³-hybridized carbons (Fsp3) is 0.577. The summed E-state index contributed by atoms with van der Waals surface area (Å²) in [4.78, 5) is 15.1. The predicted molar refractivity (Wildman–Crippen MR) is 134 cm³/mol. The number of hydrogen-bond acceptors (Lipinski definition) is 10. The van der Waals surface area contributed by atoms with Gasteiger partial charge in [-0.25, -0.2) is 15.0 Å². The SMILES string of the molecule is CN(CCCCC1OC(c2ccccc2)O1)C[C@H]1OC(n2cnc3c(N)ncnc32)[C@@H]2OC(C)(C)O[C@H]12. The van der Waals surface area contributed by atoms with Crippen molar-refractivity contribution >= 4 is 17.0 Å². The van der Waals surface area contributed by atoms with Gasteiger partial charge < -0.3 is 34.3 Å². The molecule has 11 heteroatoms. The number of anilines is 1. The average molecular weight is 511 g/mol. The van der Waals surface area contributed by atoms with Crippen molar-refractivity contribution in [3.8, 4) is 0 Å². The van der Waals surface area contributed by atoms with Crippen LogP contribution in [0.3, 0.4) is 0 Å². The van der Waals surface area contributed by atoms with Gasteiger partial charge in [0.1, 0.15) is 30.2 Å². The number of ether oxygens (including phenoxy) is 5. The second-order valence-electron chi connectivity index (χ2n) is 10.4. The molecular weight excluding hydrogens is 476 g/mol. The summed E-state index contributed by atoms with van der Waals surface area (Å²) in [5.41, 5.74) is 8.22. The topological polar surface area (TPSA) is 119 Å². The highest BCUT2D eigenvalue weighted by Gasteiger charge is 2.56. The van der Waals surface area contributed by atoms with Gasteiger partial charge in [-0.05, 0) is 46.7 Å². The first-order valence-electron chi connectivity index (χ1n) is 12.9. The Morgan fingerprint density at radius 3 is 2.59 bits per heavy atom. The minimum atomic E-state index is -0.695. The van der Waals surface area contributed by atoms with Gasteiger partial charge in [-0.1, -0.05) is 30.3 Å². The van der Waals surface area contributed by atoms with Crippen LogP contribution >= 0.6 is 0 Å². The van der Waals surface area contributed by atoms with Crippen molar-refractivity contribution in [2.75, 3.05) is 25.9 Å². The molecule has 0 amide bonds. The normalized spacial score (nSPS) is 30.6. The number of benzene rings is 1. The minimum Gasteiger partial charge on any atom is -0.382 e. The molecule has 37 heavy (non-hydrogen) atoms. The van der Waals surface area contributed by atoms with E-state index in [0.717, 1.165) is 31.4 Å². The van der Waals surface area contributed by atoms with Crippen LogP contribution in [0.2, 0.25) is 0 Å². The molecule has 0 bridgehead atoms. The third-order valence-electron chi connectivity index (χ3n) is 7.13. The lowest BCUT2D eigenvalue weighted by Gasteiger charge is -2.36. The van der Waals surface area contributed by atoms with E-state index in [2.05, 4.69) is 26.9 Å². The van der Waals surface area contributed by atoms with E-state index in [9.17, 15) is 0 Å². The molecule has 1 aromatic carbocycles. The number of aromatic nitrogens is 4. The highest BCUT2D eigenvalue weighted by Crippen LogP contribution is 2.44. The Morgan fingerprint density at radius 1 is 1.00 bits per heavy atom. The van der Waals surface area contributed by atoms with Gasteiger partial charge in [-0.3, -0.25) is 4.57 Å². The maximum Gasteiger partial charge on any atom is 0.189 e. The zero-order chi connectivity index (χ0) is 25.6. The molecule has 0 saturated carbocycles. The van der Waals surface area contributed by atoms with Crippen molar-refractivity contribution in [2.24, 2.45) is 0 Å². The fourth-order valence-electron chi connectivity index (χ4n) is 5.37. The Hall–Kier alpha value is -2.67. The van der Waals surface area contributed by atoms with Crippen LogP contribution in [0.1, 0.15) is 51.2 Å². The molecule has 3 aliphatic heterocycles. The summed E-state index contributed by atoms with van der Waals surface area (Å²) in [7, 11) is 2.11. The number of nitrogens with two attached hydrogens (primary N) is 1. The van der Waals surface area contributed by atoms with Crippen molar-refractivity contribution in [3.05, 3.63) is 48.5 Å². The number of likely N-dealkylation sites (N-methyl/N-ethyl adjacent to an activating group) is 1. The minimum absolute atomic E-state index is 0.121. The molecule has 11 nitrogen and oxygen atoms in total. The third kappa shape index (κ3) is 4.95. The summed E-state index contributed by atoms with van der Waals surface area (Å²) in [6.45, 7) is 5.51. The Labute approximate surface area is 215 Å². The fourth-order valence-corrected chi connectivity index (χ4v) is 5.37. The lowest BCUT2D eigenvalue weighted by molar-refractivity contribution is -0.391. The van der Waals surface area contributed by atoms with Crippen LogP contribution in [0.5, 0.6) is 0 Å². The Kier molecular flexibility index (Phi) is 6.59. The van der Waals surface area contributed by atoms with Gasteiger partial charge >= 0.3 is 0 Å². The van der Waals surface area contributed by atoms with Crippen LogP contribution in [0.25, 0.3) is 11.2 Å². The summed E-state index contributed by atoms with van der Waals surface area (Å²) in [5, 5.41) is 0. The highest BCUT2D eigenvalue weighted by atomic mass is 16.9. The second-order valence-corrected chi connectivity index (χ2v) is 10.4. The van der Waals surface area contributed by atoms with Gasteiger partial charge in [0, 0.05) is 12.1 Å². The predicted octanol–water partition coefficient (Wildman–Crippen LogP) is 3.00. The molecule has 6 rings (SSSR count). The van der Waals surface area contributed by atoms with E-state index in [0.29, 0.717) is 23.5 Å². The molecule has 4 atom stereocenters. The first kappa shape index (κ1) is 24.7. The second kappa shape index (κ2) is 9.90. The van der Waals surface area contributed by atoms with Gasteiger partial charge in [0.25, 0.3) is 0 Å². The quantitative estimate of drug-likeness (QED) is 0.430. The van der Waals surface area contributed by atoms with Gasteiger partial charge in [-0.2, -0.15) is 0 Å². The standard InChI is InChI=1S/C26H34N6O5/c1-26(2)36-20-17(33-24(21(20)37-26)32-15-30-19-22(27)28-14-29-23(19)32)13-31(3)12-8-7-11-18-34-25(35-18)16-9-5-4-6-10-16/h4-6,9-10,14-15,17-18,20-21,24-25H,7-8,11-13H2,1-3H3,(H2,27,28,29)/t17-,18?,20-,21-,24?,25?/m1/s1. The van der Waals surface area contributed by atoms with Crippen molar-refractivity contribution in [3.63, 3.8) is 0 Å². The maximum absolute atomic E-state index is 6.50. The number of imidazole rings is 1. The van der Waals surface area contributed by atoms with E-state index in [4.69, 9.17) is 29.4 Å². The monoisotopic (exact) mass is 510 g/mol. The zero-order valence-corrected chi connectivity index (χ0v) is 21.4. The van der Waals surface area contributed by atoms with Gasteiger partial charge in [-0.15, -0.1) is 0 Å². The van der Waals surface area contributed by atoms with Crippen LogP contribution in [-0.2, 0) is 23.7 Å². The largest absolute Gasteiger partial charge is 0.382 e. The molecule has 2 N–H and O–H groups in total. The summed E-state index contributed by atoms with van der Waals surface area (Å²) in [6.07, 6.45) is 4.63. The van der Waals surface area contributed by atoms with E-state index >= 15 is 0 Å². The highest BCUT2D eigenvalue weighted by molar-refractivity contribution is 5.81. The molecule has 198 valence electrons. The van der Waals surface area contributed by atoms with Crippen molar-refractivity contribution in [1.82, 2.24) is 24.4 Å². The molecule has 0 radical (unpaired) electrons. The van der Waals surface area contributed by atoms with Crippen LogP contribution in [-0.4, -0.2) is 74.9 Å². The molecule has 1 unspecified atom stereocenters. The maximum atomic E-state index is 6.50. The lowest BCUT2D eigenvalue weighted by Crippen LogP contribution is -2.39. The summed E-state index contributed by atoms with van der Waals surface area (Å²) >= 11 is 0. The van der Waals surface area contributed by atoms with E-state index < -0.39 is 12.0 Å². The smallest absolute Gasteiger partial charge is 0.189 e. The molecule has 3 saturated heterocycles. The molecule has 3 fully saturated rings. The van der Waals surface area contributed by atoms with Crippen LogP contribution in [0, 0.1) is 0 Å². The van der Waals surface area contributed by atoms with Gasteiger partial charge in [0.15, 0.2) is 36.1 Å². The Balaban J connectivity index is 1.02. The molecule has 0 spiro atoms. The number of rotatable bonds is 9. The van der Waals surface area contributed by atoms with E-state index in [-0.39, 0.29) is 30.9 Å². The number of fused-ring (bicyclic) bond motifs is 2. The van der Waals surface area contributed by atoms with Crippen molar-refractivity contribution in [1.29, 1.82) is 0 Å². The van der Waals surface area contributed by atoms with Crippen LogP contribution in [0.15, 0.2) is 43.0 Å². The molecule has 2 aromatic heterocycles. The van der Waals surface area contributed by atoms with E-state index in [1.807, 2.05) is 48.7 Å². The first-order chi connectivity index (χ1) is 17.9. The third-order valence-corrected chi connectivity index (χ3v) is 7.13. The molecule has 3 aliphatic rings. The number of nitrogens with zero attached hydrogens (tertiary/aromatic N) is 5. The zero-order valence-electron chi connectivity index (χ0n) is 21.4. The van der Waals surface area contributed by atoms with Gasteiger partial charge in [0.05, 0.1) is 6.33 Å². The number of hydrogen-bond donors (Lipinski definition) is 1. The van der Waals surface area contributed by atoms with E-state index in [1.54, 1.807) is 6.33 Å². The van der Waals surface area contributed by atoms with Crippen molar-refractivity contribution < 1.29 is 23.7 Å². The Morgan fingerprint density at radius 2 is 1.78 bits per heavy atom. The van der Waals surface area contributed by atoms with Crippen molar-refractivity contribution in [2.45, 2.75) is 76.0 Å². The number of nitrogen functional groups attached to an aromatic ring is 1. The average Bonchev–Trinajstić information content (AvgIpc) is 3.50. The molecular formula is C26H34N6O5. The number of unbranched alkanes of at least 4 members (excludes halogenated alkanes) is 1. The molecule has 0 aliphatic carbocycles. The Bertz CT molecular complexity index is 1220. The summed E-state index contributed by atoms with van der Waals surface area (Å²) in [5.74, 6) is -0.356. The molecule has 5 heterocycles. The van der Waals surface area contributed by atoms with Gasteiger partial charge in [0.2, 0.25) is 0 Å². The summed E-state index contributed by atoms with van der Waals surface area (Å²) in [6, 6.07) is 10.0.